The molecule has 0 saturated carbocycles. The van der Waals surface area contributed by atoms with Gasteiger partial charge in [-0.15, -0.1) is 12.4 Å². The van der Waals surface area contributed by atoms with Crippen LogP contribution in [-0.2, 0) is 12.8 Å². The van der Waals surface area contributed by atoms with Crippen molar-refractivity contribution < 1.29 is 0 Å². The summed E-state index contributed by atoms with van der Waals surface area (Å²) in [5.41, 5.74) is 7.57. The number of hydrogen-bond donors (Lipinski definition) is 1. The van der Waals surface area contributed by atoms with Crippen LogP contribution in [0, 0.1) is 6.92 Å². The molecule has 0 atom stereocenters. The lowest BCUT2D eigenvalue weighted by Crippen LogP contribution is -2.16. The highest BCUT2D eigenvalue weighted by Gasteiger charge is 2.15. The summed E-state index contributed by atoms with van der Waals surface area (Å²) in [5.74, 6) is 0. The minimum absolute atomic E-state index is 0. The van der Waals surface area contributed by atoms with Crippen molar-refractivity contribution >= 4 is 23.3 Å². The molecule has 0 bridgehead atoms. The Hall–Kier alpha value is -2.85. The summed E-state index contributed by atoms with van der Waals surface area (Å²) in [6.07, 6.45) is 9.75. The summed E-state index contributed by atoms with van der Waals surface area (Å²) in [4.78, 5) is 20.8. The number of benzene rings is 1. The van der Waals surface area contributed by atoms with Crippen molar-refractivity contribution in [3.05, 3.63) is 82.0 Å². The van der Waals surface area contributed by atoms with Gasteiger partial charge in [-0.05, 0) is 68.0 Å². The number of aryl methyl sites for hydroxylation is 3. The van der Waals surface area contributed by atoms with Crippen LogP contribution in [0.2, 0.25) is 0 Å². The highest BCUT2D eigenvalue weighted by Crippen LogP contribution is 2.29. The summed E-state index contributed by atoms with van der Waals surface area (Å²) >= 11 is 0. The second-order valence-corrected chi connectivity index (χ2v) is 7.72. The van der Waals surface area contributed by atoms with Crippen LogP contribution in [0.5, 0.6) is 0 Å². The third kappa shape index (κ3) is 3.60. The van der Waals surface area contributed by atoms with Crippen molar-refractivity contribution in [2.45, 2.75) is 39.0 Å². The number of H-pyrrole nitrogens is 1. The number of rotatable bonds is 2. The van der Waals surface area contributed by atoms with Gasteiger partial charge < -0.3 is 4.98 Å². The van der Waals surface area contributed by atoms with Gasteiger partial charge >= 0.3 is 0 Å². The summed E-state index contributed by atoms with van der Waals surface area (Å²) in [6, 6.07) is 13.9. The van der Waals surface area contributed by atoms with Crippen LogP contribution in [-0.4, -0.2) is 14.5 Å². The first-order valence-electron chi connectivity index (χ1n) is 9.99. The molecule has 0 fully saturated rings. The number of fused-ring (bicyclic) bond motifs is 3. The van der Waals surface area contributed by atoms with E-state index < -0.39 is 0 Å². The van der Waals surface area contributed by atoms with Gasteiger partial charge in [0.1, 0.15) is 0 Å². The van der Waals surface area contributed by atoms with E-state index in [1.165, 1.54) is 35.9 Å². The van der Waals surface area contributed by atoms with Crippen molar-refractivity contribution in [3.8, 4) is 16.9 Å². The SMILES string of the molecule is Cc1ccc(-c2ccn(-c3ccc4c5c([nH]c4c3)CCCCC5)c(=O)c2)nc1.Cl. The number of nitrogens with zero attached hydrogens (tertiary/aromatic N) is 2. The molecule has 3 heterocycles. The van der Waals surface area contributed by atoms with Crippen LogP contribution in [0.15, 0.2) is 59.7 Å². The van der Waals surface area contributed by atoms with E-state index in [2.05, 4.69) is 22.1 Å². The molecule has 1 N–H and O–H groups in total. The highest BCUT2D eigenvalue weighted by atomic mass is 35.5. The fourth-order valence-corrected chi connectivity index (χ4v) is 4.22. The second-order valence-electron chi connectivity index (χ2n) is 7.72. The van der Waals surface area contributed by atoms with Gasteiger partial charge in [-0.25, -0.2) is 0 Å². The Balaban J connectivity index is 0.00000205. The lowest BCUT2D eigenvalue weighted by Gasteiger charge is -2.08. The van der Waals surface area contributed by atoms with Crippen LogP contribution in [0.25, 0.3) is 27.8 Å². The number of halogens is 1. The fourth-order valence-electron chi connectivity index (χ4n) is 4.22. The number of nitrogens with one attached hydrogen (secondary N) is 1. The summed E-state index contributed by atoms with van der Waals surface area (Å²) < 4.78 is 1.70. The third-order valence-corrected chi connectivity index (χ3v) is 5.74. The molecule has 1 aliphatic carbocycles. The molecule has 5 heteroatoms. The maximum absolute atomic E-state index is 12.8. The molecule has 0 radical (unpaired) electrons. The van der Waals surface area contributed by atoms with Crippen molar-refractivity contribution in [2.75, 3.05) is 0 Å². The largest absolute Gasteiger partial charge is 0.358 e. The van der Waals surface area contributed by atoms with Crippen molar-refractivity contribution in [1.29, 1.82) is 0 Å². The molecule has 0 unspecified atom stereocenters. The molecule has 148 valence electrons. The molecular formula is C24H24ClN3O. The van der Waals surface area contributed by atoms with E-state index in [1.54, 1.807) is 10.6 Å². The average Bonchev–Trinajstić information content (AvgIpc) is 2.88. The molecule has 3 aromatic heterocycles. The zero-order valence-electron chi connectivity index (χ0n) is 16.4. The van der Waals surface area contributed by atoms with E-state index in [0.717, 1.165) is 40.9 Å². The van der Waals surface area contributed by atoms with E-state index in [1.807, 2.05) is 43.6 Å². The first kappa shape index (κ1) is 19.5. The molecule has 0 saturated heterocycles. The fraction of sp³-hybridized carbons (Fsp3) is 0.250. The molecule has 4 nitrogen and oxygen atoms in total. The van der Waals surface area contributed by atoms with Gasteiger partial charge in [-0.2, -0.15) is 0 Å². The molecule has 29 heavy (non-hydrogen) atoms. The van der Waals surface area contributed by atoms with Gasteiger partial charge in [0, 0.05) is 40.6 Å². The molecule has 0 aliphatic heterocycles. The Labute approximate surface area is 176 Å². The van der Waals surface area contributed by atoms with E-state index >= 15 is 0 Å². The van der Waals surface area contributed by atoms with Crippen LogP contribution in [0.1, 0.15) is 36.1 Å². The molecule has 1 aromatic carbocycles. The van der Waals surface area contributed by atoms with Crippen LogP contribution in [0.3, 0.4) is 0 Å². The van der Waals surface area contributed by atoms with Gasteiger partial charge in [-0.3, -0.25) is 14.3 Å². The molecule has 5 rings (SSSR count). The Kier molecular flexibility index (Phi) is 5.29. The van der Waals surface area contributed by atoms with E-state index in [-0.39, 0.29) is 18.0 Å². The number of aromatic nitrogens is 3. The molecule has 1 aliphatic rings. The predicted molar refractivity (Wildman–Crippen MR) is 120 cm³/mol. The van der Waals surface area contributed by atoms with Crippen molar-refractivity contribution in [2.24, 2.45) is 0 Å². The average molecular weight is 406 g/mol. The Morgan fingerprint density at radius 1 is 1.00 bits per heavy atom. The maximum Gasteiger partial charge on any atom is 0.255 e. The summed E-state index contributed by atoms with van der Waals surface area (Å²) in [7, 11) is 0. The van der Waals surface area contributed by atoms with E-state index in [4.69, 9.17) is 0 Å². The predicted octanol–water partition coefficient (Wildman–Crippen LogP) is 5.38. The van der Waals surface area contributed by atoms with Crippen LogP contribution in [0.4, 0.5) is 0 Å². The van der Waals surface area contributed by atoms with Gasteiger partial charge in [-0.1, -0.05) is 18.6 Å². The van der Waals surface area contributed by atoms with E-state index in [9.17, 15) is 4.79 Å². The van der Waals surface area contributed by atoms with Crippen LogP contribution < -0.4 is 5.56 Å². The Morgan fingerprint density at radius 3 is 2.66 bits per heavy atom. The Morgan fingerprint density at radius 2 is 1.86 bits per heavy atom. The summed E-state index contributed by atoms with van der Waals surface area (Å²) in [6.45, 7) is 2.01. The van der Waals surface area contributed by atoms with Gasteiger partial charge in [0.05, 0.1) is 11.4 Å². The lowest BCUT2D eigenvalue weighted by molar-refractivity contribution is 0.708. The highest BCUT2D eigenvalue weighted by molar-refractivity contribution is 5.86. The quantitative estimate of drug-likeness (QED) is 0.455. The second kappa shape index (κ2) is 7.88. The first-order chi connectivity index (χ1) is 13.7. The zero-order chi connectivity index (χ0) is 19.1. The number of hydrogen-bond acceptors (Lipinski definition) is 2. The minimum Gasteiger partial charge on any atom is -0.358 e. The smallest absolute Gasteiger partial charge is 0.255 e. The molecular weight excluding hydrogens is 382 g/mol. The lowest BCUT2D eigenvalue weighted by atomic mass is 10.1. The molecule has 0 spiro atoms. The normalized spacial score (nSPS) is 13.6. The van der Waals surface area contributed by atoms with E-state index in [0.29, 0.717) is 0 Å². The number of pyridine rings is 2. The van der Waals surface area contributed by atoms with Crippen molar-refractivity contribution in [1.82, 2.24) is 14.5 Å². The van der Waals surface area contributed by atoms with Crippen LogP contribution >= 0.6 is 12.4 Å². The van der Waals surface area contributed by atoms with Gasteiger partial charge in [0.25, 0.3) is 5.56 Å². The summed E-state index contributed by atoms with van der Waals surface area (Å²) in [5, 5.41) is 1.30. The first-order valence-corrected chi connectivity index (χ1v) is 9.99. The monoisotopic (exact) mass is 405 g/mol. The third-order valence-electron chi connectivity index (χ3n) is 5.74. The zero-order valence-corrected chi connectivity index (χ0v) is 17.3. The van der Waals surface area contributed by atoms with Gasteiger partial charge in [0.15, 0.2) is 0 Å². The maximum atomic E-state index is 12.8. The van der Waals surface area contributed by atoms with Gasteiger partial charge in [0.2, 0.25) is 0 Å². The number of aromatic amines is 1. The standard InChI is InChI=1S/C24H23N3O.ClH/c1-16-7-10-21(25-15-16)17-11-12-27(24(28)13-17)18-8-9-20-19-5-3-2-4-6-22(19)26-23(20)14-18;/h7-15,26H,2-6H2,1H3;1H. The molecule has 0 amide bonds. The molecule has 4 aromatic rings. The minimum atomic E-state index is -0.0488. The Bertz CT molecular complexity index is 1220. The van der Waals surface area contributed by atoms with Crippen molar-refractivity contribution in [3.63, 3.8) is 0 Å². The topological polar surface area (TPSA) is 50.7 Å².